The Morgan fingerprint density at radius 3 is 2.91 bits per heavy atom. The van der Waals surface area contributed by atoms with Crippen molar-refractivity contribution in [1.29, 1.82) is 0 Å². The summed E-state index contributed by atoms with van der Waals surface area (Å²) in [5, 5.41) is 2.79. The number of allylic oxidation sites excluding steroid dienone is 4. The summed E-state index contributed by atoms with van der Waals surface area (Å²) in [7, 11) is 0. The molecule has 0 fully saturated rings. The van der Waals surface area contributed by atoms with Crippen molar-refractivity contribution < 1.29 is 9.59 Å². The molecule has 2 atom stereocenters. The third-order valence-corrected chi connectivity index (χ3v) is 3.20. The summed E-state index contributed by atoms with van der Waals surface area (Å²) >= 11 is 0. The standard InChI is InChI=1S/C16H25N5O2/c1-12(19-10-16(18)23)3-2-8-20-21-15-6-4-13(5-7-15)9-14(17)11-22/h2-4,6-7,11,13-14,19-21H,1,5,8-10,17H2,(H2,18,23)/b3-2-/t13?,14-/m0/s1. The lowest BCUT2D eigenvalue weighted by atomic mass is 9.93. The van der Waals surface area contributed by atoms with Gasteiger partial charge in [0.1, 0.15) is 6.29 Å². The molecule has 0 heterocycles. The van der Waals surface area contributed by atoms with Crippen LogP contribution in [0.3, 0.4) is 0 Å². The van der Waals surface area contributed by atoms with E-state index in [4.69, 9.17) is 11.5 Å². The zero-order valence-electron chi connectivity index (χ0n) is 13.1. The summed E-state index contributed by atoms with van der Waals surface area (Å²) in [6.45, 7) is 4.40. The lowest BCUT2D eigenvalue weighted by molar-refractivity contribution is -0.117. The summed E-state index contributed by atoms with van der Waals surface area (Å²) in [5.41, 5.74) is 18.4. The second kappa shape index (κ2) is 10.4. The van der Waals surface area contributed by atoms with Gasteiger partial charge in [-0.25, -0.2) is 5.43 Å². The highest BCUT2D eigenvalue weighted by Crippen LogP contribution is 2.18. The molecular formula is C16H25N5O2. The van der Waals surface area contributed by atoms with Crippen LogP contribution in [0.4, 0.5) is 0 Å². The number of carbonyl (C=O) groups excluding carboxylic acids is 2. The molecule has 0 bridgehead atoms. The van der Waals surface area contributed by atoms with Gasteiger partial charge in [0.05, 0.1) is 12.6 Å². The molecule has 0 aromatic rings. The normalized spacial score (nSPS) is 18.3. The van der Waals surface area contributed by atoms with Gasteiger partial charge in [-0.2, -0.15) is 0 Å². The van der Waals surface area contributed by atoms with Gasteiger partial charge in [-0.05, 0) is 30.9 Å². The largest absolute Gasteiger partial charge is 0.377 e. The highest BCUT2D eigenvalue weighted by atomic mass is 16.1. The number of nitrogens with one attached hydrogen (secondary N) is 3. The minimum atomic E-state index is -0.428. The molecule has 7 heteroatoms. The minimum Gasteiger partial charge on any atom is -0.377 e. The van der Waals surface area contributed by atoms with E-state index in [1.54, 1.807) is 6.08 Å². The average Bonchev–Trinajstić information content (AvgIpc) is 2.54. The van der Waals surface area contributed by atoms with Crippen LogP contribution >= 0.6 is 0 Å². The number of aldehydes is 1. The molecule has 0 aliphatic heterocycles. The first-order chi connectivity index (χ1) is 11.0. The molecule has 1 amide bonds. The number of hydrazine groups is 1. The first-order valence-electron chi connectivity index (χ1n) is 7.47. The maximum Gasteiger partial charge on any atom is 0.236 e. The fourth-order valence-corrected chi connectivity index (χ4v) is 2.01. The highest BCUT2D eigenvalue weighted by Gasteiger charge is 2.12. The van der Waals surface area contributed by atoms with Gasteiger partial charge in [0.2, 0.25) is 5.91 Å². The average molecular weight is 319 g/mol. The Morgan fingerprint density at radius 2 is 2.30 bits per heavy atom. The van der Waals surface area contributed by atoms with Gasteiger partial charge in [-0.1, -0.05) is 24.8 Å². The SMILES string of the molecule is C=C(/C=C\CNNC1=CCC(C[C@H](N)C=O)C=C1)NCC(N)=O. The number of nitrogens with two attached hydrogens (primary N) is 2. The topological polar surface area (TPSA) is 122 Å². The molecule has 0 saturated heterocycles. The Bertz CT molecular complexity index is 511. The van der Waals surface area contributed by atoms with Crippen molar-refractivity contribution in [1.82, 2.24) is 16.2 Å². The maximum atomic E-state index is 10.6. The molecule has 0 aromatic heterocycles. The smallest absolute Gasteiger partial charge is 0.236 e. The van der Waals surface area contributed by atoms with E-state index in [2.05, 4.69) is 34.9 Å². The molecule has 1 rings (SSSR count). The number of rotatable bonds is 11. The molecule has 23 heavy (non-hydrogen) atoms. The summed E-state index contributed by atoms with van der Waals surface area (Å²) in [6, 6.07) is -0.396. The summed E-state index contributed by atoms with van der Waals surface area (Å²) < 4.78 is 0. The molecule has 1 aliphatic carbocycles. The van der Waals surface area contributed by atoms with Crippen LogP contribution in [-0.4, -0.2) is 31.3 Å². The number of carbonyl (C=O) groups is 2. The first kappa shape index (κ1) is 18.7. The van der Waals surface area contributed by atoms with E-state index in [1.807, 2.05) is 12.2 Å². The van der Waals surface area contributed by atoms with Crippen molar-refractivity contribution in [2.75, 3.05) is 13.1 Å². The van der Waals surface area contributed by atoms with Gasteiger partial charge < -0.3 is 27.0 Å². The van der Waals surface area contributed by atoms with Gasteiger partial charge in [-0.3, -0.25) is 4.79 Å². The first-order valence-corrected chi connectivity index (χ1v) is 7.47. The lowest BCUT2D eigenvalue weighted by Gasteiger charge is -2.18. The van der Waals surface area contributed by atoms with Crippen molar-refractivity contribution in [2.45, 2.75) is 18.9 Å². The van der Waals surface area contributed by atoms with E-state index in [0.717, 1.165) is 18.4 Å². The van der Waals surface area contributed by atoms with Crippen LogP contribution in [0.25, 0.3) is 0 Å². The molecule has 7 nitrogen and oxygen atoms in total. The van der Waals surface area contributed by atoms with Crippen LogP contribution < -0.4 is 27.6 Å². The quantitative estimate of drug-likeness (QED) is 0.153. The fraction of sp³-hybridized carbons (Fsp3) is 0.375. The molecular weight excluding hydrogens is 294 g/mol. The number of primary amides is 1. The van der Waals surface area contributed by atoms with E-state index < -0.39 is 11.9 Å². The highest BCUT2D eigenvalue weighted by molar-refractivity contribution is 5.76. The van der Waals surface area contributed by atoms with Crippen LogP contribution in [0.2, 0.25) is 0 Å². The molecule has 0 radical (unpaired) electrons. The van der Waals surface area contributed by atoms with Gasteiger partial charge in [-0.15, -0.1) is 0 Å². The Hall–Kier alpha value is -2.38. The van der Waals surface area contributed by atoms with Crippen molar-refractivity contribution >= 4 is 12.2 Å². The van der Waals surface area contributed by atoms with Gasteiger partial charge >= 0.3 is 0 Å². The Labute approximate surface area is 136 Å². The Morgan fingerprint density at radius 1 is 1.52 bits per heavy atom. The fourth-order valence-electron chi connectivity index (χ4n) is 2.01. The van der Waals surface area contributed by atoms with Crippen LogP contribution in [0.1, 0.15) is 12.8 Å². The Balaban J connectivity index is 2.17. The second-order valence-corrected chi connectivity index (χ2v) is 5.30. The maximum absolute atomic E-state index is 10.6. The molecule has 1 aliphatic rings. The predicted molar refractivity (Wildman–Crippen MR) is 90.6 cm³/mol. The molecule has 0 spiro atoms. The molecule has 7 N–H and O–H groups in total. The lowest BCUT2D eigenvalue weighted by Crippen LogP contribution is -2.32. The van der Waals surface area contributed by atoms with Gasteiger partial charge in [0.15, 0.2) is 0 Å². The molecule has 0 saturated carbocycles. The monoisotopic (exact) mass is 319 g/mol. The summed E-state index contributed by atoms with van der Waals surface area (Å²) in [6.07, 6.45) is 12.0. The van der Waals surface area contributed by atoms with Crippen LogP contribution in [-0.2, 0) is 9.59 Å². The summed E-state index contributed by atoms with van der Waals surface area (Å²) in [5.74, 6) is -0.122. The van der Waals surface area contributed by atoms with E-state index in [0.29, 0.717) is 24.6 Å². The zero-order chi connectivity index (χ0) is 17.1. The van der Waals surface area contributed by atoms with E-state index in [1.165, 1.54) is 0 Å². The molecule has 126 valence electrons. The summed E-state index contributed by atoms with van der Waals surface area (Å²) in [4.78, 5) is 21.1. The van der Waals surface area contributed by atoms with Crippen molar-refractivity contribution in [3.05, 3.63) is 48.4 Å². The third kappa shape index (κ3) is 8.60. The zero-order valence-corrected chi connectivity index (χ0v) is 13.1. The molecule has 0 aromatic carbocycles. The third-order valence-electron chi connectivity index (χ3n) is 3.20. The van der Waals surface area contributed by atoms with Crippen LogP contribution in [0.15, 0.2) is 48.4 Å². The van der Waals surface area contributed by atoms with Crippen LogP contribution in [0.5, 0.6) is 0 Å². The van der Waals surface area contributed by atoms with Crippen LogP contribution in [0, 0.1) is 5.92 Å². The van der Waals surface area contributed by atoms with E-state index in [9.17, 15) is 9.59 Å². The number of hydrogen-bond acceptors (Lipinski definition) is 6. The second-order valence-electron chi connectivity index (χ2n) is 5.30. The van der Waals surface area contributed by atoms with Crippen molar-refractivity contribution in [2.24, 2.45) is 17.4 Å². The van der Waals surface area contributed by atoms with Crippen molar-refractivity contribution in [3.63, 3.8) is 0 Å². The van der Waals surface area contributed by atoms with E-state index >= 15 is 0 Å². The number of amides is 1. The van der Waals surface area contributed by atoms with Gasteiger partial charge in [0, 0.05) is 17.9 Å². The van der Waals surface area contributed by atoms with E-state index in [-0.39, 0.29) is 6.54 Å². The Kier molecular flexibility index (Phi) is 8.41. The number of hydrogen-bond donors (Lipinski definition) is 5. The van der Waals surface area contributed by atoms with Gasteiger partial charge in [0.25, 0.3) is 0 Å². The molecule has 1 unspecified atom stereocenters. The minimum absolute atomic E-state index is 0.0709. The van der Waals surface area contributed by atoms with Crippen molar-refractivity contribution in [3.8, 4) is 0 Å². The predicted octanol–water partition coefficient (Wildman–Crippen LogP) is -0.398.